The van der Waals surface area contributed by atoms with Gasteiger partial charge in [-0.15, -0.1) is 0 Å². The molecule has 1 amide bonds. The molecule has 2 fully saturated rings. The van der Waals surface area contributed by atoms with Crippen molar-refractivity contribution < 1.29 is 4.79 Å². The summed E-state index contributed by atoms with van der Waals surface area (Å²) in [5.41, 5.74) is 3.47. The largest absolute Gasteiger partial charge is 0.352 e. The summed E-state index contributed by atoms with van der Waals surface area (Å²) in [5, 5.41) is 7.98. The molecule has 0 aromatic carbocycles. The summed E-state index contributed by atoms with van der Waals surface area (Å²) in [6, 6.07) is -0.0316. The third kappa shape index (κ3) is 4.32. The number of amides is 1. The van der Waals surface area contributed by atoms with Crippen LogP contribution in [0.25, 0.3) is 0 Å². The van der Waals surface area contributed by atoms with Gasteiger partial charge in [0.15, 0.2) is 5.96 Å². The van der Waals surface area contributed by atoms with E-state index >= 15 is 0 Å². The molecule has 2 saturated heterocycles. The van der Waals surface area contributed by atoms with E-state index in [1.165, 1.54) is 11.3 Å². The lowest BCUT2D eigenvalue weighted by Gasteiger charge is -2.39. The molecule has 1 aromatic heterocycles. The van der Waals surface area contributed by atoms with Crippen LogP contribution in [-0.4, -0.2) is 88.7 Å². The van der Waals surface area contributed by atoms with Crippen molar-refractivity contribution in [2.45, 2.75) is 46.2 Å². The topological polar surface area (TPSA) is 69.0 Å². The number of nitrogens with zero attached hydrogens (tertiary/aromatic N) is 6. The predicted molar refractivity (Wildman–Crippen MR) is 111 cm³/mol. The van der Waals surface area contributed by atoms with E-state index in [-0.39, 0.29) is 11.9 Å². The summed E-state index contributed by atoms with van der Waals surface area (Å²) in [6.07, 6.45) is 2.29. The van der Waals surface area contributed by atoms with E-state index < -0.39 is 0 Å². The zero-order valence-corrected chi connectivity index (χ0v) is 18.0. The highest BCUT2D eigenvalue weighted by molar-refractivity contribution is 5.82. The van der Waals surface area contributed by atoms with Crippen LogP contribution < -0.4 is 5.32 Å². The molecule has 0 spiro atoms. The number of hydrogen-bond donors (Lipinski definition) is 1. The highest BCUT2D eigenvalue weighted by atomic mass is 16.2. The summed E-state index contributed by atoms with van der Waals surface area (Å²) < 4.78 is 1.92. The van der Waals surface area contributed by atoms with Crippen LogP contribution in [0.1, 0.15) is 36.7 Å². The lowest BCUT2D eigenvalue weighted by Crippen LogP contribution is -2.57. The Hall–Kier alpha value is -2.09. The van der Waals surface area contributed by atoms with Crippen LogP contribution in [0.5, 0.6) is 0 Å². The van der Waals surface area contributed by atoms with Crippen LogP contribution in [0.2, 0.25) is 0 Å². The van der Waals surface area contributed by atoms with E-state index in [9.17, 15) is 4.79 Å². The van der Waals surface area contributed by atoms with Gasteiger partial charge in [-0.05, 0) is 33.6 Å². The number of carbonyl (C=O) groups excluding carboxylic acids is 1. The number of aryl methyl sites for hydroxylation is 2. The minimum absolute atomic E-state index is 0.0316. The van der Waals surface area contributed by atoms with E-state index in [2.05, 4.69) is 39.1 Å². The minimum Gasteiger partial charge on any atom is -0.352 e. The molecule has 3 rings (SSSR count). The van der Waals surface area contributed by atoms with Gasteiger partial charge in [0.05, 0.1) is 11.7 Å². The van der Waals surface area contributed by atoms with Gasteiger partial charge in [0.25, 0.3) is 0 Å². The van der Waals surface area contributed by atoms with Gasteiger partial charge in [-0.2, -0.15) is 5.10 Å². The number of hydrogen-bond acceptors (Lipinski definition) is 4. The zero-order chi connectivity index (χ0) is 20.3. The van der Waals surface area contributed by atoms with Crippen LogP contribution in [0, 0.1) is 13.8 Å². The molecule has 0 radical (unpaired) electrons. The highest BCUT2D eigenvalue weighted by Crippen LogP contribution is 2.15. The second kappa shape index (κ2) is 8.94. The van der Waals surface area contributed by atoms with Gasteiger partial charge in [0, 0.05) is 71.2 Å². The Balaban J connectivity index is 1.52. The number of carbonyl (C=O) groups is 1. The first-order valence-corrected chi connectivity index (χ1v) is 10.4. The molecule has 0 bridgehead atoms. The fourth-order valence-electron chi connectivity index (χ4n) is 4.25. The van der Waals surface area contributed by atoms with Crippen LogP contribution in [0.4, 0.5) is 0 Å². The van der Waals surface area contributed by atoms with Crippen molar-refractivity contribution in [2.75, 3.05) is 46.3 Å². The first-order valence-electron chi connectivity index (χ1n) is 10.4. The minimum atomic E-state index is -0.0316. The van der Waals surface area contributed by atoms with Gasteiger partial charge in [0.2, 0.25) is 5.91 Å². The molecule has 3 heterocycles. The second-order valence-corrected chi connectivity index (χ2v) is 7.91. The number of aromatic nitrogens is 2. The Morgan fingerprint density at radius 2 is 1.75 bits per heavy atom. The van der Waals surface area contributed by atoms with Crippen LogP contribution >= 0.6 is 0 Å². The summed E-state index contributed by atoms with van der Waals surface area (Å²) in [5.74, 6) is 1.21. The molecule has 0 saturated carbocycles. The lowest BCUT2D eigenvalue weighted by atomic mass is 10.2. The van der Waals surface area contributed by atoms with Crippen molar-refractivity contribution >= 4 is 11.9 Å². The number of nitrogens with one attached hydrogen (secondary N) is 1. The van der Waals surface area contributed by atoms with Gasteiger partial charge < -0.3 is 15.1 Å². The molecule has 8 nitrogen and oxygen atoms in total. The summed E-state index contributed by atoms with van der Waals surface area (Å²) >= 11 is 0. The van der Waals surface area contributed by atoms with Crippen LogP contribution in [0.3, 0.4) is 0 Å². The van der Waals surface area contributed by atoms with E-state index in [0.717, 1.165) is 70.3 Å². The number of rotatable bonds is 4. The molecule has 2 aliphatic rings. The molecular weight excluding hydrogens is 354 g/mol. The molecule has 8 heteroatoms. The fourth-order valence-corrected chi connectivity index (χ4v) is 4.25. The molecule has 2 aliphatic heterocycles. The fraction of sp³-hybridized carbons (Fsp3) is 0.750. The molecule has 156 valence electrons. The normalized spacial score (nSPS) is 20.0. The van der Waals surface area contributed by atoms with Crippen molar-refractivity contribution in [3.63, 3.8) is 0 Å². The van der Waals surface area contributed by atoms with Crippen molar-refractivity contribution in [1.29, 1.82) is 0 Å². The quantitative estimate of drug-likeness (QED) is 0.608. The molecule has 0 aliphatic carbocycles. The Kier molecular flexibility index (Phi) is 6.59. The van der Waals surface area contributed by atoms with Gasteiger partial charge in [0.1, 0.15) is 0 Å². The van der Waals surface area contributed by atoms with Crippen molar-refractivity contribution in [3.8, 4) is 0 Å². The van der Waals surface area contributed by atoms with E-state index in [1.54, 1.807) is 0 Å². The monoisotopic (exact) mass is 389 g/mol. The maximum absolute atomic E-state index is 12.7. The molecule has 1 N–H and O–H groups in total. The predicted octanol–water partition coefficient (Wildman–Crippen LogP) is 0.741. The third-order valence-electron chi connectivity index (χ3n) is 6.23. The summed E-state index contributed by atoms with van der Waals surface area (Å²) in [6.45, 7) is 12.3. The maximum Gasteiger partial charge on any atom is 0.239 e. The molecule has 1 atom stereocenters. The summed E-state index contributed by atoms with van der Waals surface area (Å²) in [7, 11) is 3.81. The Morgan fingerprint density at radius 1 is 1.11 bits per heavy atom. The lowest BCUT2D eigenvalue weighted by molar-refractivity contribution is -0.135. The first-order chi connectivity index (χ1) is 13.4. The zero-order valence-electron chi connectivity index (χ0n) is 18.0. The van der Waals surface area contributed by atoms with Crippen molar-refractivity contribution in [3.05, 3.63) is 17.0 Å². The Labute approximate surface area is 168 Å². The van der Waals surface area contributed by atoms with Gasteiger partial charge in [-0.1, -0.05) is 0 Å². The van der Waals surface area contributed by atoms with Crippen LogP contribution in [-0.2, 0) is 18.4 Å². The first kappa shape index (κ1) is 20.6. The molecular formula is C20H35N7O. The molecule has 28 heavy (non-hydrogen) atoms. The van der Waals surface area contributed by atoms with Crippen LogP contribution in [0.15, 0.2) is 4.99 Å². The highest BCUT2D eigenvalue weighted by Gasteiger charge is 2.30. The summed E-state index contributed by atoms with van der Waals surface area (Å²) in [4.78, 5) is 23.8. The van der Waals surface area contributed by atoms with Gasteiger partial charge in [-0.25, -0.2) is 0 Å². The average molecular weight is 390 g/mol. The molecule has 1 aromatic rings. The molecule has 1 unspecified atom stereocenters. The van der Waals surface area contributed by atoms with Crippen molar-refractivity contribution in [1.82, 2.24) is 29.8 Å². The second-order valence-electron chi connectivity index (χ2n) is 7.91. The standard InChI is InChI=1S/C20H35N7O/c1-15-18(16(2)24(5)23-15)14-22-20(21-4)27-12-10-25(11-13-27)17(3)19(28)26-8-6-7-9-26/h17H,6-14H2,1-5H3,(H,21,22). The number of guanidine groups is 1. The average Bonchev–Trinajstić information content (AvgIpc) is 3.32. The maximum atomic E-state index is 12.7. The van der Waals surface area contributed by atoms with E-state index in [1.807, 2.05) is 30.6 Å². The van der Waals surface area contributed by atoms with Gasteiger partial charge in [-0.3, -0.25) is 19.4 Å². The van der Waals surface area contributed by atoms with E-state index in [0.29, 0.717) is 0 Å². The number of likely N-dealkylation sites (tertiary alicyclic amines) is 1. The SMILES string of the molecule is CN=C(NCc1c(C)nn(C)c1C)N1CCN(C(C)C(=O)N2CCCC2)CC1. The Morgan fingerprint density at radius 3 is 2.29 bits per heavy atom. The van der Waals surface area contributed by atoms with E-state index in [4.69, 9.17) is 0 Å². The smallest absolute Gasteiger partial charge is 0.239 e. The third-order valence-corrected chi connectivity index (χ3v) is 6.23. The number of piperazine rings is 1. The van der Waals surface area contributed by atoms with Crippen molar-refractivity contribution in [2.24, 2.45) is 12.0 Å². The Bertz CT molecular complexity index is 712. The van der Waals surface area contributed by atoms with Gasteiger partial charge >= 0.3 is 0 Å². The number of aliphatic imine (C=N–C) groups is 1.